The van der Waals surface area contributed by atoms with E-state index in [0.29, 0.717) is 12.5 Å². The second kappa shape index (κ2) is 8.48. The molecule has 1 aromatic carbocycles. The lowest BCUT2D eigenvalue weighted by molar-refractivity contribution is 0.0585. The fraction of sp³-hybridized carbons (Fsp3) is 0.450. The van der Waals surface area contributed by atoms with Gasteiger partial charge >= 0.3 is 6.09 Å². The molecule has 2 aliphatic rings. The van der Waals surface area contributed by atoms with Gasteiger partial charge in [0.2, 0.25) is 6.23 Å². The highest BCUT2D eigenvalue weighted by Crippen LogP contribution is 2.23. The Kier molecular flexibility index (Phi) is 5.84. The first-order chi connectivity index (χ1) is 12.2. The molecule has 1 saturated heterocycles. The smallest absolute Gasteiger partial charge is 0.411 e. The van der Waals surface area contributed by atoms with Gasteiger partial charge in [-0.1, -0.05) is 18.1 Å². The predicted molar refractivity (Wildman–Crippen MR) is 99.1 cm³/mol. The number of rotatable bonds is 4. The number of hydrogen-bond donors (Lipinski definition) is 0. The SMILES string of the molecule is C#Cc1ccc(CCC2CCN(C(=O)OC3CN=CC=N3)CC2)cc1. The van der Waals surface area contributed by atoms with Crippen LogP contribution in [0.25, 0.3) is 0 Å². The number of hydrogen-bond acceptors (Lipinski definition) is 4. The van der Waals surface area contributed by atoms with Gasteiger partial charge in [0.25, 0.3) is 0 Å². The van der Waals surface area contributed by atoms with Gasteiger partial charge in [-0.15, -0.1) is 6.42 Å². The molecule has 3 rings (SSSR count). The molecule has 2 heterocycles. The lowest BCUT2D eigenvalue weighted by atomic mass is 9.90. The van der Waals surface area contributed by atoms with Crippen molar-refractivity contribution in [1.82, 2.24) is 4.90 Å². The van der Waals surface area contributed by atoms with Gasteiger partial charge in [-0.25, -0.2) is 9.79 Å². The van der Waals surface area contributed by atoms with Crippen LogP contribution in [0.5, 0.6) is 0 Å². The molecule has 130 valence electrons. The summed E-state index contributed by atoms with van der Waals surface area (Å²) in [4.78, 5) is 22.1. The van der Waals surface area contributed by atoms with E-state index >= 15 is 0 Å². The highest BCUT2D eigenvalue weighted by molar-refractivity contribution is 6.16. The van der Waals surface area contributed by atoms with Crippen molar-refractivity contribution in [3.63, 3.8) is 0 Å². The van der Waals surface area contributed by atoms with E-state index in [2.05, 4.69) is 28.0 Å². The van der Waals surface area contributed by atoms with Crippen LogP contribution in [0.3, 0.4) is 0 Å². The van der Waals surface area contributed by atoms with E-state index < -0.39 is 6.23 Å². The number of carbonyl (C=O) groups excluding carboxylic acids is 1. The third-order valence-electron chi connectivity index (χ3n) is 4.76. The minimum Gasteiger partial charge on any atom is -0.421 e. The highest BCUT2D eigenvalue weighted by atomic mass is 16.6. The van der Waals surface area contributed by atoms with Crippen molar-refractivity contribution < 1.29 is 9.53 Å². The number of carbonyl (C=O) groups is 1. The molecule has 0 saturated carbocycles. The van der Waals surface area contributed by atoms with Crippen LogP contribution in [0, 0.1) is 18.3 Å². The third kappa shape index (κ3) is 4.93. The average Bonchev–Trinajstić information content (AvgIpc) is 2.68. The summed E-state index contributed by atoms with van der Waals surface area (Å²) in [5.74, 6) is 3.29. The summed E-state index contributed by atoms with van der Waals surface area (Å²) in [7, 11) is 0. The van der Waals surface area contributed by atoms with Crippen molar-refractivity contribution in [2.45, 2.75) is 31.9 Å². The molecule has 0 N–H and O–H groups in total. The van der Waals surface area contributed by atoms with E-state index in [4.69, 9.17) is 11.2 Å². The van der Waals surface area contributed by atoms with Crippen LogP contribution in [-0.2, 0) is 11.2 Å². The Hall–Kier alpha value is -2.61. The number of benzene rings is 1. The van der Waals surface area contributed by atoms with Crippen molar-refractivity contribution in [1.29, 1.82) is 0 Å². The first-order valence-corrected chi connectivity index (χ1v) is 8.77. The number of piperidine rings is 1. The molecular weight excluding hydrogens is 314 g/mol. The molecule has 0 radical (unpaired) electrons. The van der Waals surface area contributed by atoms with E-state index in [1.807, 2.05) is 12.1 Å². The van der Waals surface area contributed by atoms with Gasteiger partial charge in [-0.05, 0) is 49.3 Å². The van der Waals surface area contributed by atoms with Crippen molar-refractivity contribution in [2.75, 3.05) is 19.6 Å². The van der Waals surface area contributed by atoms with Gasteiger partial charge < -0.3 is 9.64 Å². The number of terminal acetylenes is 1. The van der Waals surface area contributed by atoms with Crippen LogP contribution >= 0.6 is 0 Å². The molecule has 5 heteroatoms. The number of ether oxygens (including phenoxy) is 1. The summed E-state index contributed by atoms with van der Waals surface area (Å²) >= 11 is 0. The molecule has 1 amide bonds. The van der Waals surface area contributed by atoms with Gasteiger partial charge in [0.1, 0.15) is 0 Å². The lowest BCUT2D eigenvalue weighted by Gasteiger charge is -2.32. The van der Waals surface area contributed by atoms with Gasteiger partial charge in [-0.3, -0.25) is 4.99 Å². The molecule has 1 unspecified atom stereocenters. The highest BCUT2D eigenvalue weighted by Gasteiger charge is 2.25. The minimum absolute atomic E-state index is 0.275. The van der Waals surface area contributed by atoms with Crippen LogP contribution in [0.15, 0.2) is 34.3 Å². The second-order valence-electron chi connectivity index (χ2n) is 6.46. The molecule has 1 atom stereocenters. The third-order valence-corrected chi connectivity index (χ3v) is 4.76. The number of likely N-dealkylation sites (tertiary alicyclic amines) is 1. The summed E-state index contributed by atoms with van der Waals surface area (Å²) in [5.41, 5.74) is 2.24. The first kappa shape index (κ1) is 17.2. The fourth-order valence-corrected chi connectivity index (χ4v) is 3.18. The minimum atomic E-state index is -0.471. The topological polar surface area (TPSA) is 54.3 Å². The molecule has 25 heavy (non-hydrogen) atoms. The number of aryl methyl sites for hydroxylation is 1. The first-order valence-electron chi connectivity index (χ1n) is 8.77. The Bertz CT molecular complexity index is 680. The molecule has 1 fully saturated rings. The van der Waals surface area contributed by atoms with Crippen molar-refractivity contribution in [2.24, 2.45) is 15.9 Å². The summed E-state index contributed by atoms with van der Waals surface area (Å²) in [6, 6.07) is 8.20. The maximum atomic E-state index is 12.2. The zero-order valence-corrected chi connectivity index (χ0v) is 14.3. The Morgan fingerprint density at radius 1 is 1.24 bits per heavy atom. The molecule has 0 aromatic heterocycles. The summed E-state index contributed by atoms with van der Waals surface area (Å²) in [5, 5.41) is 0. The van der Waals surface area contributed by atoms with Crippen LogP contribution in [0.2, 0.25) is 0 Å². The van der Waals surface area contributed by atoms with E-state index in [0.717, 1.165) is 44.3 Å². The van der Waals surface area contributed by atoms with Crippen molar-refractivity contribution >= 4 is 18.5 Å². The largest absolute Gasteiger partial charge is 0.421 e. The summed E-state index contributed by atoms with van der Waals surface area (Å²) in [6.07, 6.45) is 12.1. The Morgan fingerprint density at radius 3 is 2.64 bits per heavy atom. The summed E-state index contributed by atoms with van der Waals surface area (Å²) in [6.45, 7) is 1.91. The number of nitrogens with zero attached hydrogens (tertiary/aromatic N) is 3. The zero-order valence-electron chi connectivity index (χ0n) is 14.3. The zero-order chi connectivity index (χ0) is 17.5. The molecule has 0 bridgehead atoms. The van der Waals surface area contributed by atoms with Crippen molar-refractivity contribution in [3.05, 3.63) is 35.4 Å². The second-order valence-corrected chi connectivity index (χ2v) is 6.46. The molecule has 2 aliphatic heterocycles. The van der Waals surface area contributed by atoms with E-state index in [1.54, 1.807) is 17.3 Å². The van der Waals surface area contributed by atoms with Gasteiger partial charge in [-0.2, -0.15) is 0 Å². The maximum absolute atomic E-state index is 12.2. The average molecular weight is 337 g/mol. The van der Waals surface area contributed by atoms with Gasteiger partial charge in [0.15, 0.2) is 0 Å². The van der Waals surface area contributed by atoms with Gasteiger partial charge in [0.05, 0.1) is 6.54 Å². The fourth-order valence-electron chi connectivity index (χ4n) is 3.18. The molecule has 0 spiro atoms. The molecule has 1 aromatic rings. The Labute approximate surface area is 148 Å². The van der Waals surface area contributed by atoms with E-state index in [1.165, 1.54) is 5.56 Å². The molecule has 0 aliphatic carbocycles. The van der Waals surface area contributed by atoms with Crippen LogP contribution in [0.4, 0.5) is 4.79 Å². The molecule has 5 nitrogen and oxygen atoms in total. The maximum Gasteiger partial charge on any atom is 0.411 e. The summed E-state index contributed by atoms with van der Waals surface area (Å²) < 4.78 is 5.38. The van der Waals surface area contributed by atoms with E-state index in [9.17, 15) is 4.79 Å². The Morgan fingerprint density at radius 2 is 2.00 bits per heavy atom. The van der Waals surface area contributed by atoms with Crippen LogP contribution in [-0.4, -0.2) is 49.3 Å². The van der Waals surface area contributed by atoms with Crippen LogP contribution < -0.4 is 0 Å². The quantitative estimate of drug-likeness (QED) is 0.793. The lowest BCUT2D eigenvalue weighted by Crippen LogP contribution is -2.40. The number of amides is 1. The monoisotopic (exact) mass is 337 g/mol. The van der Waals surface area contributed by atoms with E-state index in [-0.39, 0.29) is 6.09 Å². The van der Waals surface area contributed by atoms with Crippen LogP contribution in [0.1, 0.15) is 30.4 Å². The molecular formula is C20H23N3O2. The van der Waals surface area contributed by atoms with Crippen molar-refractivity contribution in [3.8, 4) is 12.3 Å². The predicted octanol–water partition coefficient (Wildman–Crippen LogP) is 2.93. The number of aliphatic imine (C=N–C) groups is 2. The van der Waals surface area contributed by atoms with Gasteiger partial charge in [0, 0.05) is 31.1 Å². The standard InChI is InChI=1S/C20H23N3O2/c1-2-16-3-5-17(6-4-16)7-8-18-9-13-23(14-10-18)20(24)25-19-15-21-11-12-22-19/h1,3-6,11-12,18-19H,7-10,13-15H2. The Balaban J connectivity index is 1.39. The normalized spacial score (nSPS) is 20.3.